The van der Waals surface area contributed by atoms with Crippen LogP contribution in [-0.2, 0) is 4.74 Å². The van der Waals surface area contributed by atoms with Crippen molar-refractivity contribution in [1.82, 2.24) is 0 Å². The SMILES string of the molecule is CCCC(CCC)C(O)C1=COCCC1. The van der Waals surface area contributed by atoms with Crippen molar-refractivity contribution in [3.63, 3.8) is 0 Å². The number of aliphatic hydroxyl groups is 1. The molecule has 0 spiro atoms. The predicted molar refractivity (Wildman–Crippen MR) is 62.6 cm³/mol. The molecule has 1 aliphatic heterocycles. The predicted octanol–water partition coefficient (Wildman–Crippen LogP) is 3.26. The Labute approximate surface area is 93.3 Å². The van der Waals surface area contributed by atoms with Gasteiger partial charge in [-0.2, -0.15) is 0 Å². The molecule has 2 heteroatoms. The summed E-state index contributed by atoms with van der Waals surface area (Å²) in [5.74, 6) is 0.424. The maximum absolute atomic E-state index is 10.2. The minimum atomic E-state index is -0.273. The Kier molecular flexibility index (Phi) is 5.77. The number of rotatable bonds is 6. The lowest BCUT2D eigenvalue weighted by atomic mass is 9.86. The summed E-state index contributed by atoms with van der Waals surface area (Å²) in [6.45, 7) is 5.17. The third-order valence-electron chi connectivity index (χ3n) is 3.11. The zero-order valence-electron chi connectivity index (χ0n) is 10.0. The maximum atomic E-state index is 10.2. The van der Waals surface area contributed by atoms with Crippen LogP contribution in [0.25, 0.3) is 0 Å². The summed E-state index contributed by atoms with van der Waals surface area (Å²) in [5.41, 5.74) is 1.10. The number of hydrogen-bond donors (Lipinski definition) is 1. The van der Waals surface area contributed by atoms with Crippen LogP contribution in [0.2, 0.25) is 0 Å². The van der Waals surface area contributed by atoms with Crippen molar-refractivity contribution in [1.29, 1.82) is 0 Å². The minimum absolute atomic E-state index is 0.273. The van der Waals surface area contributed by atoms with Crippen LogP contribution in [0.15, 0.2) is 11.8 Å². The van der Waals surface area contributed by atoms with Crippen LogP contribution in [-0.4, -0.2) is 17.8 Å². The van der Waals surface area contributed by atoms with Crippen molar-refractivity contribution < 1.29 is 9.84 Å². The third-order valence-corrected chi connectivity index (χ3v) is 3.11. The lowest BCUT2D eigenvalue weighted by Crippen LogP contribution is -2.24. The molecule has 0 saturated heterocycles. The molecule has 1 N–H and O–H groups in total. The molecular formula is C13H24O2. The average molecular weight is 212 g/mol. The quantitative estimate of drug-likeness (QED) is 0.732. The Hall–Kier alpha value is -0.500. The fraction of sp³-hybridized carbons (Fsp3) is 0.846. The van der Waals surface area contributed by atoms with E-state index >= 15 is 0 Å². The molecule has 0 aliphatic carbocycles. The first-order valence-corrected chi connectivity index (χ1v) is 6.28. The van der Waals surface area contributed by atoms with Crippen LogP contribution in [0.1, 0.15) is 52.4 Å². The molecule has 1 heterocycles. The largest absolute Gasteiger partial charge is 0.501 e. The highest BCUT2D eigenvalue weighted by Crippen LogP contribution is 2.26. The van der Waals surface area contributed by atoms with Gasteiger partial charge in [-0.3, -0.25) is 0 Å². The zero-order valence-corrected chi connectivity index (χ0v) is 10.0. The highest BCUT2D eigenvalue weighted by Gasteiger charge is 2.22. The topological polar surface area (TPSA) is 29.5 Å². The van der Waals surface area contributed by atoms with Gasteiger partial charge >= 0.3 is 0 Å². The first-order chi connectivity index (χ1) is 7.29. The van der Waals surface area contributed by atoms with E-state index in [1.807, 2.05) is 0 Å². The monoisotopic (exact) mass is 212 g/mol. The van der Waals surface area contributed by atoms with Gasteiger partial charge in [0.2, 0.25) is 0 Å². The van der Waals surface area contributed by atoms with Crippen molar-refractivity contribution in [2.45, 2.75) is 58.5 Å². The summed E-state index contributed by atoms with van der Waals surface area (Å²) in [6.07, 6.45) is 8.10. The average Bonchev–Trinajstić information content (AvgIpc) is 2.29. The molecule has 0 amide bonds. The van der Waals surface area contributed by atoms with Gasteiger partial charge in [-0.25, -0.2) is 0 Å². The van der Waals surface area contributed by atoms with Crippen molar-refractivity contribution in [3.8, 4) is 0 Å². The van der Waals surface area contributed by atoms with Gasteiger partial charge in [-0.05, 0) is 37.2 Å². The first kappa shape index (κ1) is 12.6. The van der Waals surface area contributed by atoms with E-state index in [0.29, 0.717) is 5.92 Å². The molecule has 88 valence electrons. The smallest absolute Gasteiger partial charge is 0.0876 e. The summed E-state index contributed by atoms with van der Waals surface area (Å²) in [5, 5.41) is 10.2. The molecule has 0 aromatic heterocycles. The van der Waals surface area contributed by atoms with E-state index in [0.717, 1.165) is 50.7 Å². The molecule has 0 aromatic rings. The molecule has 0 bridgehead atoms. The van der Waals surface area contributed by atoms with Crippen LogP contribution in [0.3, 0.4) is 0 Å². The van der Waals surface area contributed by atoms with Crippen LogP contribution in [0.4, 0.5) is 0 Å². The number of aliphatic hydroxyl groups excluding tert-OH is 1. The van der Waals surface area contributed by atoms with Crippen molar-refractivity contribution in [3.05, 3.63) is 11.8 Å². The molecule has 15 heavy (non-hydrogen) atoms. The van der Waals surface area contributed by atoms with Crippen LogP contribution in [0, 0.1) is 5.92 Å². The Morgan fingerprint density at radius 2 is 2.00 bits per heavy atom. The molecule has 2 nitrogen and oxygen atoms in total. The van der Waals surface area contributed by atoms with Gasteiger partial charge in [0.05, 0.1) is 19.0 Å². The van der Waals surface area contributed by atoms with Gasteiger partial charge in [0.1, 0.15) is 0 Å². The molecule has 0 radical (unpaired) electrons. The Bertz CT molecular complexity index is 193. The molecule has 0 fully saturated rings. The van der Waals surface area contributed by atoms with Gasteiger partial charge < -0.3 is 9.84 Å². The number of ether oxygens (including phenoxy) is 1. The normalized spacial score (nSPS) is 18.5. The van der Waals surface area contributed by atoms with Gasteiger partial charge in [-0.1, -0.05) is 26.7 Å². The van der Waals surface area contributed by atoms with Crippen LogP contribution >= 0.6 is 0 Å². The summed E-state index contributed by atoms with van der Waals surface area (Å²) in [4.78, 5) is 0. The molecular weight excluding hydrogens is 188 g/mol. The van der Waals surface area contributed by atoms with E-state index in [9.17, 15) is 5.11 Å². The molecule has 0 saturated carbocycles. The van der Waals surface area contributed by atoms with E-state index in [1.165, 1.54) is 0 Å². The lowest BCUT2D eigenvalue weighted by molar-refractivity contribution is 0.109. The van der Waals surface area contributed by atoms with E-state index in [4.69, 9.17) is 4.74 Å². The minimum Gasteiger partial charge on any atom is -0.501 e. The van der Waals surface area contributed by atoms with Gasteiger partial charge in [-0.15, -0.1) is 0 Å². The van der Waals surface area contributed by atoms with E-state index in [2.05, 4.69) is 13.8 Å². The highest BCUT2D eigenvalue weighted by atomic mass is 16.5. The Morgan fingerprint density at radius 3 is 2.47 bits per heavy atom. The molecule has 1 atom stereocenters. The van der Waals surface area contributed by atoms with Crippen LogP contribution < -0.4 is 0 Å². The molecule has 0 aromatic carbocycles. The second-order valence-electron chi connectivity index (χ2n) is 4.45. The van der Waals surface area contributed by atoms with Gasteiger partial charge in [0.25, 0.3) is 0 Å². The van der Waals surface area contributed by atoms with Crippen molar-refractivity contribution in [2.24, 2.45) is 5.92 Å². The van der Waals surface area contributed by atoms with Crippen molar-refractivity contribution in [2.75, 3.05) is 6.61 Å². The molecule has 1 rings (SSSR count). The second-order valence-corrected chi connectivity index (χ2v) is 4.45. The molecule has 1 aliphatic rings. The summed E-state index contributed by atoms with van der Waals surface area (Å²) >= 11 is 0. The Balaban J connectivity index is 2.52. The highest BCUT2D eigenvalue weighted by molar-refractivity contribution is 5.08. The first-order valence-electron chi connectivity index (χ1n) is 6.28. The zero-order chi connectivity index (χ0) is 11.1. The summed E-state index contributed by atoms with van der Waals surface area (Å²) in [7, 11) is 0. The van der Waals surface area contributed by atoms with Gasteiger partial charge in [0.15, 0.2) is 0 Å². The van der Waals surface area contributed by atoms with E-state index in [-0.39, 0.29) is 6.10 Å². The van der Waals surface area contributed by atoms with Crippen molar-refractivity contribution >= 4 is 0 Å². The fourth-order valence-electron chi connectivity index (χ4n) is 2.31. The van der Waals surface area contributed by atoms with Gasteiger partial charge in [0, 0.05) is 0 Å². The Morgan fingerprint density at radius 1 is 1.33 bits per heavy atom. The standard InChI is InChI=1S/C13H24O2/c1-3-6-11(7-4-2)13(14)12-8-5-9-15-10-12/h10-11,13-14H,3-9H2,1-2H3. The fourth-order valence-corrected chi connectivity index (χ4v) is 2.31. The molecule has 1 unspecified atom stereocenters. The second kappa shape index (κ2) is 6.89. The summed E-state index contributed by atoms with van der Waals surface area (Å²) < 4.78 is 5.29. The lowest BCUT2D eigenvalue weighted by Gasteiger charge is -2.26. The maximum Gasteiger partial charge on any atom is 0.0876 e. The third kappa shape index (κ3) is 3.86. The summed E-state index contributed by atoms with van der Waals surface area (Å²) in [6, 6.07) is 0. The van der Waals surface area contributed by atoms with Crippen LogP contribution in [0.5, 0.6) is 0 Å². The number of hydrogen-bond acceptors (Lipinski definition) is 2. The van der Waals surface area contributed by atoms with E-state index < -0.39 is 0 Å². The van der Waals surface area contributed by atoms with E-state index in [1.54, 1.807) is 6.26 Å².